The normalized spacial score (nSPS) is 17.8. The number of anilines is 2. The van der Waals surface area contributed by atoms with E-state index in [1.165, 1.54) is 0 Å². The Hall–Kier alpha value is -1.85. The first kappa shape index (κ1) is 14.1. The van der Waals surface area contributed by atoms with Gasteiger partial charge in [0.05, 0.1) is 16.8 Å². The molecule has 3 rings (SSSR count). The highest BCUT2D eigenvalue weighted by atomic mass is 16.5. The Kier molecular flexibility index (Phi) is 3.69. The SMILES string of the molecule is CN(CC1(O)CCOCC1)c1ccc(N)c2cccnc12. The lowest BCUT2D eigenvalue weighted by molar-refractivity contribution is -0.0572. The molecule has 0 aliphatic carbocycles. The first-order valence-corrected chi connectivity index (χ1v) is 7.24. The second-order valence-corrected chi connectivity index (χ2v) is 5.77. The van der Waals surface area contributed by atoms with E-state index in [1.807, 2.05) is 31.3 Å². The summed E-state index contributed by atoms with van der Waals surface area (Å²) in [5.41, 5.74) is 7.89. The highest BCUT2D eigenvalue weighted by molar-refractivity contribution is 5.98. The topological polar surface area (TPSA) is 71.6 Å². The number of hydrogen-bond acceptors (Lipinski definition) is 5. The van der Waals surface area contributed by atoms with Crippen molar-refractivity contribution in [2.24, 2.45) is 0 Å². The van der Waals surface area contributed by atoms with Crippen molar-refractivity contribution >= 4 is 22.3 Å². The average Bonchev–Trinajstić information content (AvgIpc) is 2.48. The molecule has 0 unspecified atom stereocenters. The van der Waals surface area contributed by atoms with E-state index in [4.69, 9.17) is 10.5 Å². The van der Waals surface area contributed by atoms with Crippen LogP contribution in [0.4, 0.5) is 11.4 Å². The van der Waals surface area contributed by atoms with Crippen LogP contribution in [0.1, 0.15) is 12.8 Å². The molecule has 2 aromatic rings. The Bertz CT molecular complexity index is 638. The summed E-state index contributed by atoms with van der Waals surface area (Å²) in [7, 11) is 1.98. The second kappa shape index (κ2) is 5.50. The largest absolute Gasteiger partial charge is 0.398 e. The number of aliphatic hydroxyl groups is 1. The number of rotatable bonds is 3. The van der Waals surface area contributed by atoms with Gasteiger partial charge in [0.25, 0.3) is 0 Å². The van der Waals surface area contributed by atoms with E-state index in [-0.39, 0.29) is 0 Å². The first-order valence-electron chi connectivity index (χ1n) is 7.24. The van der Waals surface area contributed by atoms with Crippen LogP contribution in [0.5, 0.6) is 0 Å². The summed E-state index contributed by atoms with van der Waals surface area (Å²) in [5.74, 6) is 0. The van der Waals surface area contributed by atoms with Gasteiger partial charge in [-0.05, 0) is 24.3 Å². The smallest absolute Gasteiger partial charge is 0.0955 e. The van der Waals surface area contributed by atoms with Gasteiger partial charge in [-0.1, -0.05) is 0 Å². The van der Waals surface area contributed by atoms with E-state index >= 15 is 0 Å². The van der Waals surface area contributed by atoms with E-state index in [9.17, 15) is 5.11 Å². The molecule has 5 heteroatoms. The van der Waals surface area contributed by atoms with E-state index in [1.54, 1.807) is 6.20 Å². The van der Waals surface area contributed by atoms with Gasteiger partial charge in [0.1, 0.15) is 0 Å². The van der Waals surface area contributed by atoms with Crippen molar-refractivity contribution < 1.29 is 9.84 Å². The van der Waals surface area contributed by atoms with Gasteiger partial charge >= 0.3 is 0 Å². The zero-order valence-corrected chi connectivity index (χ0v) is 12.2. The quantitative estimate of drug-likeness (QED) is 0.842. The van der Waals surface area contributed by atoms with E-state index < -0.39 is 5.60 Å². The molecule has 1 aromatic heterocycles. The molecule has 1 fully saturated rings. The van der Waals surface area contributed by atoms with Crippen LogP contribution < -0.4 is 10.6 Å². The molecule has 0 bridgehead atoms. The Morgan fingerprint density at radius 1 is 1.33 bits per heavy atom. The number of likely N-dealkylation sites (N-methyl/N-ethyl adjacent to an activating group) is 1. The molecule has 5 nitrogen and oxygen atoms in total. The number of benzene rings is 1. The fraction of sp³-hybridized carbons (Fsp3) is 0.438. The van der Waals surface area contributed by atoms with Crippen molar-refractivity contribution in [1.82, 2.24) is 4.98 Å². The molecule has 0 atom stereocenters. The predicted molar refractivity (Wildman–Crippen MR) is 84.4 cm³/mol. The number of fused-ring (bicyclic) bond motifs is 1. The van der Waals surface area contributed by atoms with Gasteiger partial charge in [0, 0.05) is 56.9 Å². The van der Waals surface area contributed by atoms with Gasteiger partial charge in [-0.3, -0.25) is 4.98 Å². The van der Waals surface area contributed by atoms with Crippen LogP contribution in [-0.2, 0) is 4.74 Å². The minimum Gasteiger partial charge on any atom is -0.398 e. The lowest BCUT2D eigenvalue weighted by atomic mass is 9.93. The van der Waals surface area contributed by atoms with E-state index in [0.717, 1.165) is 22.3 Å². The molecule has 3 N–H and O–H groups in total. The minimum atomic E-state index is -0.699. The van der Waals surface area contributed by atoms with Gasteiger partial charge in [-0.25, -0.2) is 0 Å². The summed E-state index contributed by atoms with van der Waals surface area (Å²) in [4.78, 5) is 6.51. The Morgan fingerprint density at radius 3 is 2.86 bits per heavy atom. The monoisotopic (exact) mass is 287 g/mol. The van der Waals surface area contributed by atoms with Crippen LogP contribution in [0.25, 0.3) is 10.9 Å². The molecule has 1 aromatic carbocycles. The third-order valence-electron chi connectivity index (χ3n) is 4.15. The maximum Gasteiger partial charge on any atom is 0.0955 e. The Labute approximate surface area is 124 Å². The molecule has 0 saturated carbocycles. The number of pyridine rings is 1. The molecule has 0 amide bonds. The summed E-state index contributed by atoms with van der Waals surface area (Å²) in [5, 5.41) is 11.6. The summed E-state index contributed by atoms with van der Waals surface area (Å²) >= 11 is 0. The number of nitrogen functional groups attached to an aromatic ring is 1. The fourth-order valence-corrected chi connectivity index (χ4v) is 2.92. The molecule has 0 spiro atoms. The van der Waals surface area contributed by atoms with Crippen LogP contribution in [0.2, 0.25) is 0 Å². The van der Waals surface area contributed by atoms with Gasteiger partial charge < -0.3 is 20.5 Å². The van der Waals surface area contributed by atoms with E-state index in [0.29, 0.717) is 32.6 Å². The molecular weight excluding hydrogens is 266 g/mol. The van der Waals surface area contributed by atoms with Gasteiger partial charge in [0.2, 0.25) is 0 Å². The number of ether oxygens (including phenoxy) is 1. The van der Waals surface area contributed by atoms with Crippen molar-refractivity contribution in [2.75, 3.05) is 37.4 Å². The summed E-state index contributed by atoms with van der Waals surface area (Å²) < 4.78 is 5.33. The van der Waals surface area contributed by atoms with Crippen LogP contribution in [0.3, 0.4) is 0 Å². The first-order chi connectivity index (χ1) is 10.1. The van der Waals surface area contributed by atoms with Crippen LogP contribution in [0.15, 0.2) is 30.5 Å². The maximum absolute atomic E-state index is 10.7. The molecule has 0 radical (unpaired) electrons. The van der Waals surface area contributed by atoms with Crippen molar-refractivity contribution in [3.8, 4) is 0 Å². The van der Waals surface area contributed by atoms with Crippen molar-refractivity contribution in [3.63, 3.8) is 0 Å². The van der Waals surface area contributed by atoms with Crippen LogP contribution in [-0.4, -0.2) is 42.5 Å². The van der Waals surface area contributed by atoms with Crippen LogP contribution in [0, 0.1) is 0 Å². The van der Waals surface area contributed by atoms with Crippen molar-refractivity contribution in [1.29, 1.82) is 0 Å². The van der Waals surface area contributed by atoms with E-state index in [2.05, 4.69) is 9.88 Å². The fourth-order valence-electron chi connectivity index (χ4n) is 2.92. The lowest BCUT2D eigenvalue weighted by Gasteiger charge is -2.36. The molecule has 1 aliphatic rings. The summed E-state index contributed by atoms with van der Waals surface area (Å²) in [6.07, 6.45) is 3.09. The Morgan fingerprint density at radius 2 is 2.10 bits per heavy atom. The number of hydrogen-bond donors (Lipinski definition) is 2. The maximum atomic E-state index is 10.7. The van der Waals surface area contributed by atoms with Gasteiger partial charge in [-0.2, -0.15) is 0 Å². The Balaban J connectivity index is 1.91. The molecule has 1 aliphatic heterocycles. The zero-order valence-electron chi connectivity index (χ0n) is 12.2. The highest BCUT2D eigenvalue weighted by Crippen LogP contribution is 2.30. The number of nitrogens with zero attached hydrogens (tertiary/aromatic N) is 2. The number of nitrogens with two attached hydrogens (primary N) is 1. The molecular formula is C16H21N3O2. The summed E-state index contributed by atoms with van der Waals surface area (Å²) in [6, 6.07) is 7.71. The molecule has 21 heavy (non-hydrogen) atoms. The second-order valence-electron chi connectivity index (χ2n) is 5.77. The van der Waals surface area contributed by atoms with Gasteiger partial charge in [-0.15, -0.1) is 0 Å². The molecule has 112 valence electrons. The average molecular weight is 287 g/mol. The highest BCUT2D eigenvalue weighted by Gasteiger charge is 2.31. The van der Waals surface area contributed by atoms with Crippen molar-refractivity contribution in [3.05, 3.63) is 30.5 Å². The lowest BCUT2D eigenvalue weighted by Crippen LogP contribution is -2.45. The van der Waals surface area contributed by atoms with Crippen LogP contribution >= 0.6 is 0 Å². The van der Waals surface area contributed by atoms with Crippen molar-refractivity contribution in [2.45, 2.75) is 18.4 Å². The third-order valence-corrected chi connectivity index (χ3v) is 4.15. The summed E-state index contributed by atoms with van der Waals surface area (Å²) in [6.45, 7) is 1.79. The molecule has 1 saturated heterocycles. The predicted octanol–water partition coefficient (Wildman–Crippen LogP) is 1.79. The third kappa shape index (κ3) is 2.80. The van der Waals surface area contributed by atoms with Gasteiger partial charge in [0.15, 0.2) is 0 Å². The standard InChI is InChI=1S/C16H21N3O2/c1-19(11-16(20)6-9-21-10-7-16)14-5-4-13(17)12-3-2-8-18-15(12)14/h2-5,8,20H,6-7,9-11,17H2,1H3. The minimum absolute atomic E-state index is 0.561. The number of aromatic nitrogens is 1. The molecule has 2 heterocycles. The zero-order chi connectivity index (χ0) is 14.9.